The molecule has 31 heavy (non-hydrogen) atoms. The van der Waals surface area contributed by atoms with Gasteiger partial charge in [-0.2, -0.15) is 0 Å². The van der Waals surface area contributed by atoms with Crippen molar-refractivity contribution in [2.24, 2.45) is 0 Å². The third-order valence-corrected chi connectivity index (χ3v) is 5.60. The molecule has 0 fully saturated rings. The second-order valence-corrected chi connectivity index (χ2v) is 8.03. The Labute approximate surface area is 187 Å². The van der Waals surface area contributed by atoms with E-state index >= 15 is 0 Å². The number of aromatic amines is 1. The minimum atomic E-state index is 0.478. The van der Waals surface area contributed by atoms with Crippen LogP contribution in [0.1, 0.15) is 31.7 Å². The van der Waals surface area contributed by atoms with Crippen LogP contribution in [-0.2, 0) is 6.42 Å². The van der Waals surface area contributed by atoms with Gasteiger partial charge in [-0.1, -0.05) is 49.4 Å². The van der Waals surface area contributed by atoms with Gasteiger partial charge in [-0.15, -0.1) is 0 Å². The molecular weight excluding hydrogens is 404 g/mol. The summed E-state index contributed by atoms with van der Waals surface area (Å²) in [6.07, 6.45) is 4.09. The number of nitrogens with zero attached hydrogens (tertiary/aromatic N) is 2. The lowest BCUT2D eigenvalue weighted by atomic mass is 10.0. The highest BCUT2D eigenvalue weighted by atomic mass is 32.1. The molecule has 0 spiro atoms. The van der Waals surface area contributed by atoms with Crippen molar-refractivity contribution in [2.45, 2.75) is 32.6 Å². The molecule has 0 saturated heterocycles. The number of thiocarbonyl (C=S) groups is 1. The normalized spacial score (nSPS) is 11.1. The highest BCUT2D eigenvalue weighted by molar-refractivity contribution is 7.80. The Kier molecular flexibility index (Phi) is 6.62. The summed E-state index contributed by atoms with van der Waals surface area (Å²) in [5.41, 5.74) is 11.1. The average Bonchev–Trinajstić information content (AvgIpc) is 3.24. The summed E-state index contributed by atoms with van der Waals surface area (Å²) in [6, 6.07) is 16.3. The van der Waals surface area contributed by atoms with E-state index in [0.717, 1.165) is 77.2 Å². The zero-order chi connectivity index (χ0) is 21.6. The molecule has 0 amide bonds. The van der Waals surface area contributed by atoms with Gasteiger partial charge in [0.25, 0.3) is 0 Å². The number of nitrogens with two attached hydrogens (primary N) is 1. The zero-order valence-electron chi connectivity index (χ0n) is 17.7. The lowest BCUT2D eigenvalue weighted by Gasteiger charge is -2.10. The molecule has 0 radical (unpaired) electrons. The fourth-order valence-corrected chi connectivity index (χ4v) is 3.97. The maximum Gasteiger partial charge on any atom is 0.166 e. The van der Waals surface area contributed by atoms with Gasteiger partial charge < -0.3 is 21.4 Å². The third-order valence-electron chi connectivity index (χ3n) is 5.31. The van der Waals surface area contributed by atoms with Gasteiger partial charge in [-0.3, -0.25) is 0 Å². The topological polar surface area (TPSA) is 91.6 Å². The molecule has 5 N–H and O–H groups in total. The zero-order valence-corrected chi connectivity index (χ0v) is 18.6. The number of hydrogen-bond acceptors (Lipinski definition) is 4. The van der Waals surface area contributed by atoms with E-state index in [1.165, 1.54) is 5.56 Å². The highest BCUT2D eigenvalue weighted by Gasteiger charge is 2.15. The predicted octanol–water partition coefficient (Wildman–Crippen LogP) is 4.56. The number of H-pyrrole nitrogens is 1. The highest BCUT2D eigenvalue weighted by Crippen LogP contribution is 2.31. The fraction of sp³-hybridized carbons (Fsp3) is 0.292. The molecule has 4 aromatic rings. The number of imidazole rings is 1. The lowest BCUT2D eigenvalue weighted by molar-refractivity contribution is 0.700. The van der Waals surface area contributed by atoms with Crippen molar-refractivity contribution < 1.29 is 0 Å². The van der Waals surface area contributed by atoms with Gasteiger partial charge in [0.05, 0.1) is 5.52 Å². The molecule has 0 unspecified atom stereocenters. The quantitative estimate of drug-likeness (QED) is 0.241. The number of aryl methyl sites for hydroxylation is 1. The maximum atomic E-state index is 6.26. The summed E-state index contributed by atoms with van der Waals surface area (Å²) in [5.74, 6) is 1.29. The van der Waals surface area contributed by atoms with Crippen molar-refractivity contribution >= 4 is 45.1 Å². The molecule has 7 heteroatoms. The van der Waals surface area contributed by atoms with Crippen LogP contribution in [0.15, 0.2) is 48.5 Å². The van der Waals surface area contributed by atoms with E-state index in [0.29, 0.717) is 5.82 Å². The van der Waals surface area contributed by atoms with Crippen LogP contribution >= 0.6 is 12.2 Å². The first-order valence-corrected chi connectivity index (χ1v) is 11.2. The van der Waals surface area contributed by atoms with Gasteiger partial charge >= 0.3 is 0 Å². The maximum absolute atomic E-state index is 6.26. The van der Waals surface area contributed by atoms with Crippen LogP contribution in [0, 0.1) is 0 Å². The Morgan fingerprint density at radius 3 is 2.61 bits per heavy atom. The fourth-order valence-electron chi connectivity index (χ4n) is 3.76. The molecule has 2 aromatic heterocycles. The van der Waals surface area contributed by atoms with Crippen molar-refractivity contribution in [1.82, 2.24) is 25.6 Å². The molecule has 4 rings (SSSR count). The number of anilines is 1. The first kappa shape index (κ1) is 21.1. The van der Waals surface area contributed by atoms with E-state index in [9.17, 15) is 0 Å². The summed E-state index contributed by atoms with van der Waals surface area (Å²) >= 11 is 5.28. The van der Waals surface area contributed by atoms with Crippen molar-refractivity contribution in [3.05, 3.63) is 54.1 Å². The van der Waals surface area contributed by atoms with Gasteiger partial charge in [-0.25, -0.2) is 9.97 Å². The molecule has 2 aromatic carbocycles. The van der Waals surface area contributed by atoms with Crippen molar-refractivity contribution in [2.75, 3.05) is 18.8 Å². The van der Waals surface area contributed by atoms with Gasteiger partial charge in [0.1, 0.15) is 22.7 Å². The number of pyridine rings is 1. The van der Waals surface area contributed by atoms with Crippen LogP contribution in [0.2, 0.25) is 0 Å². The number of nitrogen functional groups attached to an aromatic ring is 1. The van der Waals surface area contributed by atoms with Crippen LogP contribution in [-0.4, -0.2) is 33.2 Å². The number of aromatic nitrogens is 3. The van der Waals surface area contributed by atoms with Gasteiger partial charge in [-0.05, 0) is 49.5 Å². The molecule has 160 valence electrons. The SMILES string of the molecule is CCCNC(=S)NCCCCc1cccc2nc(N)c3[nH]c(-c4ccccc4)nc3c12. The third kappa shape index (κ3) is 4.77. The molecule has 0 aliphatic heterocycles. The number of hydrogen-bond donors (Lipinski definition) is 4. The Balaban J connectivity index is 1.55. The molecule has 0 aliphatic rings. The minimum Gasteiger partial charge on any atom is -0.382 e. The smallest absolute Gasteiger partial charge is 0.166 e. The van der Waals surface area contributed by atoms with Crippen LogP contribution < -0.4 is 16.4 Å². The molecule has 0 bridgehead atoms. The van der Waals surface area contributed by atoms with Crippen molar-refractivity contribution in [3.63, 3.8) is 0 Å². The van der Waals surface area contributed by atoms with E-state index in [2.05, 4.69) is 33.6 Å². The first-order chi connectivity index (χ1) is 15.2. The second kappa shape index (κ2) is 9.75. The van der Waals surface area contributed by atoms with Gasteiger partial charge in [0.15, 0.2) is 5.11 Å². The summed E-state index contributed by atoms with van der Waals surface area (Å²) in [4.78, 5) is 12.9. The molecule has 2 heterocycles. The monoisotopic (exact) mass is 432 g/mol. The number of benzene rings is 2. The van der Waals surface area contributed by atoms with Crippen molar-refractivity contribution in [3.8, 4) is 11.4 Å². The van der Waals surface area contributed by atoms with E-state index in [4.69, 9.17) is 22.9 Å². The second-order valence-electron chi connectivity index (χ2n) is 7.62. The number of rotatable bonds is 8. The van der Waals surface area contributed by atoms with Crippen LogP contribution in [0.5, 0.6) is 0 Å². The van der Waals surface area contributed by atoms with E-state index < -0.39 is 0 Å². The van der Waals surface area contributed by atoms with Crippen LogP contribution in [0.4, 0.5) is 5.82 Å². The number of nitrogens with one attached hydrogen (secondary N) is 3. The standard InChI is InChI=1S/C24H28N6S/c1-2-14-26-24(31)27-15-7-6-9-16-12-8-13-18-19(16)20-21(22(25)28-18)30-23(29-20)17-10-4-3-5-11-17/h3-5,8,10-13H,2,6-7,9,14-15H2,1H3,(H2,25,28)(H,29,30)(H2,26,27,31). The van der Waals surface area contributed by atoms with E-state index in [1.54, 1.807) is 0 Å². The number of fused-ring (bicyclic) bond motifs is 3. The Hall–Kier alpha value is -3.19. The van der Waals surface area contributed by atoms with Crippen molar-refractivity contribution in [1.29, 1.82) is 0 Å². The molecule has 0 atom stereocenters. The first-order valence-electron chi connectivity index (χ1n) is 10.8. The summed E-state index contributed by atoms with van der Waals surface area (Å²) < 4.78 is 0. The van der Waals surface area contributed by atoms with Gasteiger partial charge in [0, 0.05) is 24.0 Å². The molecular formula is C24H28N6S. The minimum absolute atomic E-state index is 0.478. The summed E-state index contributed by atoms with van der Waals surface area (Å²) in [7, 11) is 0. The van der Waals surface area contributed by atoms with E-state index in [-0.39, 0.29) is 0 Å². The molecule has 0 aliphatic carbocycles. The predicted molar refractivity (Wildman–Crippen MR) is 133 cm³/mol. The van der Waals surface area contributed by atoms with Crippen LogP contribution in [0.25, 0.3) is 33.3 Å². The average molecular weight is 433 g/mol. The summed E-state index contributed by atoms with van der Waals surface area (Å²) in [5, 5.41) is 8.28. The number of unbranched alkanes of at least 4 members (excludes halogenated alkanes) is 1. The molecule has 6 nitrogen and oxygen atoms in total. The summed E-state index contributed by atoms with van der Waals surface area (Å²) in [6.45, 7) is 3.89. The van der Waals surface area contributed by atoms with Crippen LogP contribution in [0.3, 0.4) is 0 Å². The van der Waals surface area contributed by atoms with E-state index in [1.807, 2.05) is 42.5 Å². The Bertz CT molecular complexity index is 1190. The van der Waals surface area contributed by atoms with Gasteiger partial charge in [0.2, 0.25) is 0 Å². The molecule has 0 saturated carbocycles. The lowest BCUT2D eigenvalue weighted by Crippen LogP contribution is -2.36. The largest absolute Gasteiger partial charge is 0.382 e. The Morgan fingerprint density at radius 2 is 1.81 bits per heavy atom. The Morgan fingerprint density at radius 1 is 1.00 bits per heavy atom.